The number of nitriles is 1. The Bertz CT molecular complexity index is 1020. The third kappa shape index (κ3) is 4.20. The lowest BCUT2D eigenvalue weighted by molar-refractivity contribution is -0.387. The van der Waals surface area contributed by atoms with E-state index in [0.717, 1.165) is 11.1 Å². The molecule has 0 atom stereocenters. The fourth-order valence-electron chi connectivity index (χ4n) is 3.40. The highest BCUT2D eigenvalue weighted by Gasteiger charge is 2.43. The number of nitrogens with zero attached hydrogens (tertiary/aromatic N) is 4. The summed E-state index contributed by atoms with van der Waals surface area (Å²) in [6, 6.07) is 20.9. The second-order valence-electron chi connectivity index (χ2n) is 6.69. The van der Waals surface area contributed by atoms with Gasteiger partial charge in [0.2, 0.25) is 0 Å². The molecule has 0 radical (unpaired) electrons. The molecule has 1 aromatic heterocycles. The van der Waals surface area contributed by atoms with E-state index in [-0.39, 0.29) is 30.4 Å². The van der Waals surface area contributed by atoms with Gasteiger partial charge in [-0.3, -0.25) is 10.1 Å². The van der Waals surface area contributed by atoms with Crippen molar-refractivity contribution in [3.63, 3.8) is 0 Å². The normalized spacial score (nSPS) is 10.8. The summed E-state index contributed by atoms with van der Waals surface area (Å²) in [6.45, 7) is 0. The summed E-state index contributed by atoms with van der Waals surface area (Å²) in [6.07, 6.45) is 0.423. The highest BCUT2D eigenvalue weighted by Crippen LogP contribution is 2.41. The van der Waals surface area contributed by atoms with Gasteiger partial charge in [-0.05, 0) is 24.0 Å². The van der Waals surface area contributed by atoms with Crippen molar-refractivity contribution in [1.29, 1.82) is 5.26 Å². The summed E-state index contributed by atoms with van der Waals surface area (Å²) < 4.78 is 10.3. The van der Waals surface area contributed by atoms with E-state index in [1.54, 1.807) is 0 Å². The van der Waals surface area contributed by atoms with Crippen molar-refractivity contribution >= 4 is 5.69 Å². The lowest BCUT2D eigenvalue weighted by Crippen LogP contribution is -2.33. The summed E-state index contributed by atoms with van der Waals surface area (Å²) >= 11 is 0. The molecule has 0 saturated heterocycles. The first-order valence-electron chi connectivity index (χ1n) is 9.17. The molecule has 0 unspecified atom stereocenters. The molecule has 152 valence electrons. The Morgan fingerprint density at radius 2 is 1.50 bits per heavy atom. The van der Waals surface area contributed by atoms with Gasteiger partial charge in [0.15, 0.2) is 5.69 Å². The van der Waals surface area contributed by atoms with E-state index in [9.17, 15) is 15.4 Å². The molecular weight excluding hydrogens is 384 g/mol. The highest BCUT2D eigenvalue weighted by molar-refractivity contribution is 5.53. The van der Waals surface area contributed by atoms with Crippen molar-refractivity contribution in [2.75, 3.05) is 14.2 Å². The molecule has 0 bridgehead atoms. The van der Waals surface area contributed by atoms with E-state index in [4.69, 9.17) is 9.47 Å². The van der Waals surface area contributed by atoms with Crippen LogP contribution in [-0.4, -0.2) is 29.1 Å². The second-order valence-corrected chi connectivity index (χ2v) is 6.69. The molecule has 3 aromatic rings. The predicted octanol–water partition coefficient (Wildman–Crippen LogP) is 3.65. The van der Waals surface area contributed by atoms with Gasteiger partial charge in [0.05, 0.1) is 25.2 Å². The quantitative estimate of drug-likeness (QED) is 0.416. The summed E-state index contributed by atoms with van der Waals surface area (Å²) in [7, 11) is 2.63. The van der Waals surface area contributed by atoms with Gasteiger partial charge in [-0.15, -0.1) is 0 Å². The highest BCUT2D eigenvalue weighted by atomic mass is 16.6. The fraction of sp³-hybridized carbons (Fsp3) is 0.227. The van der Waals surface area contributed by atoms with Crippen LogP contribution in [0.5, 0.6) is 11.9 Å². The van der Waals surface area contributed by atoms with E-state index >= 15 is 0 Å². The minimum atomic E-state index is -1.35. The smallest absolute Gasteiger partial charge is 0.354 e. The van der Waals surface area contributed by atoms with Crippen molar-refractivity contribution in [1.82, 2.24) is 9.97 Å². The molecule has 0 aliphatic carbocycles. The minimum Gasteiger partial charge on any atom is -0.476 e. The maximum Gasteiger partial charge on any atom is 0.354 e. The number of hydrogen-bond acceptors (Lipinski definition) is 7. The zero-order chi connectivity index (χ0) is 21.6. The van der Waals surface area contributed by atoms with Crippen LogP contribution in [0.4, 0.5) is 5.69 Å². The van der Waals surface area contributed by atoms with Crippen LogP contribution < -0.4 is 9.47 Å². The maximum atomic E-state index is 12.0. The van der Waals surface area contributed by atoms with Crippen LogP contribution in [0.25, 0.3) is 0 Å². The predicted molar refractivity (Wildman–Crippen MR) is 109 cm³/mol. The van der Waals surface area contributed by atoms with Crippen LogP contribution >= 0.6 is 0 Å². The van der Waals surface area contributed by atoms with Crippen LogP contribution in [0.15, 0.2) is 60.7 Å². The Hall–Kier alpha value is -3.99. The monoisotopic (exact) mass is 404 g/mol. The molecule has 0 amide bonds. The SMILES string of the molecule is COc1nc(OC)c([N+](=O)[O-])c(C(C#N)(Cc2ccccc2)Cc2ccccc2)n1. The van der Waals surface area contributed by atoms with Crippen molar-refractivity contribution < 1.29 is 14.4 Å². The van der Waals surface area contributed by atoms with Gasteiger partial charge < -0.3 is 9.47 Å². The maximum absolute atomic E-state index is 12.0. The van der Waals surface area contributed by atoms with Gasteiger partial charge in [0.25, 0.3) is 0 Å². The van der Waals surface area contributed by atoms with Crippen LogP contribution in [0.1, 0.15) is 16.8 Å². The van der Waals surface area contributed by atoms with Gasteiger partial charge in [-0.2, -0.15) is 15.2 Å². The van der Waals surface area contributed by atoms with E-state index in [2.05, 4.69) is 16.0 Å². The number of rotatable bonds is 8. The molecule has 3 rings (SSSR count). The first-order valence-corrected chi connectivity index (χ1v) is 9.17. The molecule has 2 aromatic carbocycles. The van der Waals surface area contributed by atoms with E-state index < -0.39 is 16.0 Å². The Labute approximate surface area is 173 Å². The number of benzene rings is 2. The van der Waals surface area contributed by atoms with Crippen molar-refractivity contribution in [3.8, 4) is 18.0 Å². The van der Waals surface area contributed by atoms with Gasteiger partial charge in [-0.25, -0.2) is 0 Å². The molecule has 0 aliphatic rings. The Morgan fingerprint density at radius 3 is 1.90 bits per heavy atom. The summed E-state index contributed by atoms with van der Waals surface area (Å²) in [5.41, 5.74) is -0.131. The molecule has 0 fully saturated rings. The zero-order valence-electron chi connectivity index (χ0n) is 16.6. The molecule has 8 nitrogen and oxygen atoms in total. The Kier molecular flexibility index (Phi) is 6.23. The average Bonchev–Trinajstić information content (AvgIpc) is 2.78. The number of nitro groups is 1. The van der Waals surface area contributed by atoms with Crippen LogP contribution in [0, 0.1) is 21.4 Å². The van der Waals surface area contributed by atoms with E-state index in [0.29, 0.717) is 0 Å². The molecular formula is C22H20N4O4. The van der Waals surface area contributed by atoms with Gasteiger partial charge >= 0.3 is 17.6 Å². The minimum absolute atomic E-state index is 0.0357. The Balaban J connectivity index is 2.28. The molecule has 0 N–H and O–H groups in total. The zero-order valence-corrected chi connectivity index (χ0v) is 16.6. The largest absolute Gasteiger partial charge is 0.476 e. The number of ether oxygens (including phenoxy) is 2. The number of hydrogen-bond donors (Lipinski definition) is 0. The van der Waals surface area contributed by atoms with Gasteiger partial charge in [-0.1, -0.05) is 60.7 Å². The lowest BCUT2D eigenvalue weighted by atomic mass is 9.74. The fourth-order valence-corrected chi connectivity index (χ4v) is 3.40. The van der Waals surface area contributed by atoms with Gasteiger partial charge in [0, 0.05) is 0 Å². The number of aromatic nitrogens is 2. The average molecular weight is 404 g/mol. The summed E-state index contributed by atoms with van der Waals surface area (Å²) in [5.74, 6) is -0.248. The van der Waals surface area contributed by atoms with Crippen LogP contribution in [-0.2, 0) is 18.3 Å². The summed E-state index contributed by atoms with van der Waals surface area (Å²) in [4.78, 5) is 19.6. The molecule has 0 saturated carbocycles. The molecule has 8 heteroatoms. The molecule has 30 heavy (non-hydrogen) atoms. The number of methoxy groups -OCH3 is 2. The van der Waals surface area contributed by atoms with Crippen molar-refractivity contribution in [2.45, 2.75) is 18.3 Å². The lowest BCUT2D eigenvalue weighted by Gasteiger charge is -2.26. The topological polar surface area (TPSA) is 111 Å². The summed E-state index contributed by atoms with van der Waals surface area (Å²) in [5, 5.41) is 22.3. The van der Waals surface area contributed by atoms with Crippen molar-refractivity contribution in [2.24, 2.45) is 0 Å². The van der Waals surface area contributed by atoms with E-state index in [1.165, 1.54) is 14.2 Å². The van der Waals surface area contributed by atoms with Crippen LogP contribution in [0.3, 0.4) is 0 Å². The molecule has 0 spiro atoms. The first kappa shape index (κ1) is 20.7. The first-order chi connectivity index (χ1) is 14.5. The van der Waals surface area contributed by atoms with Gasteiger partial charge in [0.1, 0.15) is 5.41 Å². The third-order valence-corrected chi connectivity index (χ3v) is 4.75. The third-order valence-electron chi connectivity index (χ3n) is 4.75. The van der Waals surface area contributed by atoms with Crippen molar-refractivity contribution in [3.05, 3.63) is 87.6 Å². The van der Waals surface area contributed by atoms with Crippen LogP contribution in [0.2, 0.25) is 0 Å². The van der Waals surface area contributed by atoms with E-state index in [1.807, 2.05) is 60.7 Å². The standard InChI is InChI=1S/C22H20N4O4/c1-29-20-18(26(27)28)19(24-21(25-20)30-2)22(15-23,13-16-9-5-3-6-10-16)14-17-11-7-4-8-12-17/h3-12H,13-14H2,1-2H3. The Morgan fingerprint density at radius 1 is 0.967 bits per heavy atom. The molecule has 0 aliphatic heterocycles. The second kappa shape index (κ2) is 9.01. The molecule has 1 heterocycles.